The van der Waals surface area contributed by atoms with Gasteiger partial charge in [0.25, 0.3) is 0 Å². The Balaban J connectivity index is 1.31. The van der Waals surface area contributed by atoms with Crippen LogP contribution in [0.3, 0.4) is 0 Å². The maximum absolute atomic E-state index is 6.58. The van der Waals surface area contributed by atoms with E-state index in [2.05, 4.69) is 62.1 Å². The quantitative estimate of drug-likeness (QED) is 0.237. The topological polar surface area (TPSA) is 30.9 Å². The summed E-state index contributed by atoms with van der Waals surface area (Å²) in [5.74, 6) is 2.48. The Kier molecular flexibility index (Phi) is 8.44. The summed E-state index contributed by atoms with van der Waals surface area (Å²) < 4.78 is 18.6. The molecule has 3 aromatic carbocycles. The molecule has 0 N–H and O–H groups in total. The molecular formula is C34H42ClNO3. The fraction of sp³-hybridized carbons (Fsp3) is 0.471. The van der Waals surface area contributed by atoms with Crippen molar-refractivity contribution in [3.63, 3.8) is 0 Å². The Bertz CT molecular complexity index is 1320. The number of benzene rings is 3. The van der Waals surface area contributed by atoms with Crippen LogP contribution >= 0.6 is 11.6 Å². The summed E-state index contributed by atoms with van der Waals surface area (Å²) in [7, 11) is 0. The van der Waals surface area contributed by atoms with Crippen LogP contribution in [0.2, 0.25) is 5.02 Å². The van der Waals surface area contributed by atoms with E-state index in [9.17, 15) is 0 Å². The molecule has 1 atom stereocenters. The Morgan fingerprint density at radius 2 is 1.77 bits per heavy atom. The molecule has 1 aliphatic heterocycles. The predicted molar refractivity (Wildman–Crippen MR) is 161 cm³/mol. The van der Waals surface area contributed by atoms with Crippen molar-refractivity contribution in [2.45, 2.75) is 78.4 Å². The van der Waals surface area contributed by atoms with Crippen LogP contribution in [-0.2, 0) is 6.42 Å². The van der Waals surface area contributed by atoms with Crippen LogP contribution in [0.25, 0.3) is 11.1 Å². The molecule has 1 aliphatic carbocycles. The molecule has 0 spiro atoms. The minimum absolute atomic E-state index is 0.0378. The van der Waals surface area contributed by atoms with E-state index in [4.69, 9.17) is 25.8 Å². The Morgan fingerprint density at radius 3 is 2.54 bits per heavy atom. The van der Waals surface area contributed by atoms with E-state index in [1.807, 2.05) is 26.0 Å². The molecule has 2 aliphatic rings. The second-order valence-electron chi connectivity index (χ2n) is 11.5. The Labute approximate surface area is 239 Å². The zero-order valence-electron chi connectivity index (χ0n) is 24.1. The second-order valence-corrected chi connectivity index (χ2v) is 11.9. The van der Waals surface area contributed by atoms with Crippen molar-refractivity contribution in [3.05, 3.63) is 75.8 Å². The molecule has 0 unspecified atom stereocenters. The fourth-order valence-electron chi connectivity index (χ4n) is 6.26. The largest absolute Gasteiger partial charge is 0.493 e. The van der Waals surface area contributed by atoms with Crippen LogP contribution < -0.4 is 14.2 Å². The van der Waals surface area contributed by atoms with Crippen molar-refractivity contribution in [1.29, 1.82) is 0 Å². The van der Waals surface area contributed by atoms with Gasteiger partial charge in [0.05, 0.1) is 18.2 Å². The maximum Gasteiger partial charge on any atom is 0.142 e. The normalized spacial score (nSPS) is 18.3. The summed E-state index contributed by atoms with van der Waals surface area (Å²) in [6, 6.07) is 16.8. The van der Waals surface area contributed by atoms with Crippen LogP contribution in [0.5, 0.6) is 17.2 Å². The van der Waals surface area contributed by atoms with Gasteiger partial charge in [-0.05, 0) is 119 Å². The molecule has 0 aromatic heterocycles. The molecule has 0 saturated carbocycles. The van der Waals surface area contributed by atoms with Gasteiger partial charge in [-0.25, -0.2) is 0 Å². The lowest BCUT2D eigenvalue weighted by Gasteiger charge is -2.31. The van der Waals surface area contributed by atoms with Gasteiger partial charge in [0.2, 0.25) is 0 Å². The first-order valence-electron chi connectivity index (χ1n) is 14.5. The summed E-state index contributed by atoms with van der Waals surface area (Å²) in [4.78, 5) is 2.60. The third-order valence-electron chi connectivity index (χ3n) is 8.49. The van der Waals surface area contributed by atoms with Crippen molar-refractivity contribution in [1.82, 2.24) is 4.90 Å². The number of hydrogen-bond donors (Lipinski definition) is 0. The van der Waals surface area contributed by atoms with E-state index >= 15 is 0 Å². The first kappa shape index (κ1) is 27.9. The molecule has 0 radical (unpaired) electrons. The van der Waals surface area contributed by atoms with Crippen molar-refractivity contribution < 1.29 is 14.2 Å². The summed E-state index contributed by atoms with van der Waals surface area (Å²) in [5.41, 5.74) is 7.62. The van der Waals surface area contributed by atoms with Crippen LogP contribution in [0, 0.1) is 13.8 Å². The zero-order valence-corrected chi connectivity index (χ0v) is 24.9. The van der Waals surface area contributed by atoms with Crippen LogP contribution in [0.4, 0.5) is 0 Å². The van der Waals surface area contributed by atoms with Gasteiger partial charge in [0.15, 0.2) is 0 Å². The third-order valence-corrected chi connectivity index (χ3v) is 8.79. The van der Waals surface area contributed by atoms with Crippen LogP contribution in [0.15, 0.2) is 48.5 Å². The number of fused-ring (bicyclic) bond motifs is 1. The summed E-state index contributed by atoms with van der Waals surface area (Å²) in [5, 5.41) is 0.620. The van der Waals surface area contributed by atoms with Gasteiger partial charge in [-0.2, -0.15) is 0 Å². The molecule has 1 fully saturated rings. The monoisotopic (exact) mass is 547 g/mol. The highest BCUT2D eigenvalue weighted by Gasteiger charge is 2.31. The van der Waals surface area contributed by atoms with Gasteiger partial charge >= 0.3 is 0 Å². The van der Waals surface area contributed by atoms with Gasteiger partial charge in [-0.1, -0.05) is 41.9 Å². The fourth-order valence-corrected chi connectivity index (χ4v) is 6.52. The lowest BCUT2D eigenvalue weighted by Crippen LogP contribution is -2.39. The predicted octanol–water partition coefficient (Wildman–Crippen LogP) is 8.73. The molecule has 208 valence electrons. The van der Waals surface area contributed by atoms with Gasteiger partial charge < -0.3 is 14.2 Å². The highest BCUT2D eigenvalue weighted by Crippen LogP contribution is 2.44. The van der Waals surface area contributed by atoms with Crippen molar-refractivity contribution in [3.8, 4) is 28.4 Å². The smallest absolute Gasteiger partial charge is 0.142 e. The van der Waals surface area contributed by atoms with Crippen molar-refractivity contribution in [2.24, 2.45) is 0 Å². The molecule has 0 bridgehead atoms. The van der Waals surface area contributed by atoms with E-state index in [1.54, 1.807) is 0 Å². The summed E-state index contributed by atoms with van der Waals surface area (Å²) in [6.45, 7) is 14.5. The minimum Gasteiger partial charge on any atom is -0.493 e. The molecule has 0 amide bonds. The number of hydrogen-bond acceptors (Lipinski definition) is 4. The summed E-state index contributed by atoms with van der Waals surface area (Å²) >= 11 is 6.58. The lowest BCUT2D eigenvalue weighted by molar-refractivity contribution is 0.160. The number of nitrogens with zero attached hydrogens (tertiary/aromatic N) is 1. The Hall–Kier alpha value is -2.69. The number of halogens is 1. The first-order chi connectivity index (χ1) is 18.8. The molecule has 1 saturated heterocycles. The molecule has 39 heavy (non-hydrogen) atoms. The lowest BCUT2D eigenvalue weighted by atomic mass is 9.93. The Morgan fingerprint density at radius 1 is 0.974 bits per heavy atom. The number of likely N-dealkylation sites (tertiary alicyclic amines) is 1. The van der Waals surface area contributed by atoms with E-state index < -0.39 is 0 Å². The average Bonchev–Trinajstić information content (AvgIpc) is 3.47. The maximum atomic E-state index is 6.58. The van der Waals surface area contributed by atoms with Gasteiger partial charge in [-0.3, -0.25) is 4.90 Å². The van der Waals surface area contributed by atoms with Gasteiger partial charge in [0.1, 0.15) is 23.4 Å². The standard InChI is InChI=1S/C34H42ClNO3/c1-6-37-32-22-33(29(35)21-23(32)2)39-31-16-15-27-26(12-7-13-28(27)31)25-11-8-14-30(24(25)3)38-20-10-19-36-18-9-17-34(36,4)5/h7-8,11-14,21-22,31H,6,9-10,15-20H2,1-5H3/t31-/m0/s1. The molecule has 5 rings (SSSR count). The van der Waals surface area contributed by atoms with Crippen molar-refractivity contribution in [2.75, 3.05) is 26.3 Å². The second kappa shape index (κ2) is 11.8. The van der Waals surface area contributed by atoms with E-state index in [1.165, 1.54) is 47.2 Å². The van der Waals surface area contributed by atoms with E-state index in [0.29, 0.717) is 22.9 Å². The molecule has 1 heterocycles. The van der Waals surface area contributed by atoms with E-state index in [-0.39, 0.29) is 6.10 Å². The third kappa shape index (κ3) is 5.93. The van der Waals surface area contributed by atoms with Gasteiger partial charge in [-0.15, -0.1) is 0 Å². The highest BCUT2D eigenvalue weighted by molar-refractivity contribution is 6.32. The molecule has 5 heteroatoms. The van der Waals surface area contributed by atoms with Gasteiger partial charge in [0, 0.05) is 18.2 Å². The SMILES string of the molecule is CCOc1cc(O[C@H]2CCc3c(-c4cccc(OCCCN5CCCC5(C)C)c4C)cccc32)c(Cl)cc1C. The average molecular weight is 548 g/mol. The van der Waals surface area contributed by atoms with Crippen molar-refractivity contribution >= 4 is 11.6 Å². The summed E-state index contributed by atoms with van der Waals surface area (Å²) in [6.07, 6.45) is 5.48. The van der Waals surface area contributed by atoms with E-state index in [0.717, 1.165) is 49.5 Å². The highest BCUT2D eigenvalue weighted by atomic mass is 35.5. The number of aryl methyl sites for hydroxylation is 1. The number of ether oxygens (including phenoxy) is 3. The first-order valence-corrected chi connectivity index (χ1v) is 14.9. The zero-order chi connectivity index (χ0) is 27.6. The number of rotatable bonds is 10. The molecule has 4 nitrogen and oxygen atoms in total. The minimum atomic E-state index is -0.0378. The van der Waals surface area contributed by atoms with Crippen LogP contribution in [0.1, 0.15) is 74.8 Å². The molecular weight excluding hydrogens is 506 g/mol. The van der Waals surface area contributed by atoms with Crippen LogP contribution in [-0.4, -0.2) is 36.7 Å². The molecule has 3 aromatic rings.